The summed E-state index contributed by atoms with van der Waals surface area (Å²) in [5, 5.41) is 0.360. The average molecular weight is 480 g/mol. The van der Waals surface area contributed by atoms with Crippen molar-refractivity contribution in [1.29, 1.82) is 0 Å². The van der Waals surface area contributed by atoms with Crippen LogP contribution in [0.15, 0.2) is 71.6 Å². The number of hydrogen-bond acceptors (Lipinski definition) is 5. The standard InChI is InChI=1S/C26H22ClNO4S/c1-3-31-23-14-19(10-13-22(23)32-16-18-8-11-20(27)12-9-18)15-24-25(29)28(26(30)33-24)21-7-5-4-6-17(21)2/h4-15H,3,16H2,1-2H3/b24-15-. The van der Waals surface area contributed by atoms with Crippen LogP contribution in [-0.4, -0.2) is 17.8 Å². The Balaban J connectivity index is 1.55. The Labute approximate surface area is 202 Å². The molecule has 3 aromatic carbocycles. The molecule has 0 unspecified atom stereocenters. The van der Waals surface area contributed by atoms with Gasteiger partial charge in [0.2, 0.25) is 0 Å². The van der Waals surface area contributed by atoms with E-state index >= 15 is 0 Å². The SMILES string of the molecule is CCOc1cc(/C=C2\SC(=O)N(c3ccccc3C)C2=O)ccc1OCc1ccc(Cl)cc1. The van der Waals surface area contributed by atoms with Crippen LogP contribution in [0, 0.1) is 6.92 Å². The van der Waals surface area contributed by atoms with Gasteiger partial charge in [-0.1, -0.05) is 48.0 Å². The lowest BCUT2D eigenvalue weighted by Crippen LogP contribution is -2.28. The number of carbonyl (C=O) groups excluding carboxylic acids is 2. The lowest BCUT2D eigenvalue weighted by atomic mass is 10.1. The summed E-state index contributed by atoms with van der Waals surface area (Å²) in [6, 6.07) is 20.2. The maximum atomic E-state index is 13.0. The Kier molecular flexibility index (Phi) is 7.06. The molecule has 1 fully saturated rings. The molecule has 0 atom stereocenters. The minimum Gasteiger partial charge on any atom is -0.490 e. The zero-order valence-corrected chi connectivity index (χ0v) is 19.8. The third-order valence-electron chi connectivity index (χ3n) is 5.02. The van der Waals surface area contributed by atoms with Crippen LogP contribution in [-0.2, 0) is 11.4 Å². The van der Waals surface area contributed by atoms with E-state index < -0.39 is 0 Å². The van der Waals surface area contributed by atoms with Gasteiger partial charge in [-0.05, 0) is 78.7 Å². The molecule has 1 saturated heterocycles. The number of amides is 2. The summed E-state index contributed by atoms with van der Waals surface area (Å²) in [6.45, 7) is 4.60. The fraction of sp³-hybridized carbons (Fsp3) is 0.154. The number of rotatable bonds is 7. The molecular weight excluding hydrogens is 458 g/mol. The summed E-state index contributed by atoms with van der Waals surface area (Å²) in [4.78, 5) is 27.1. The summed E-state index contributed by atoms with van der Waals surface area (Å²) >= 11 is 6.87. The number of para-hydroxylation sites is 1. The molecule has 7 heteroatoms. The van der Waals surface area contributed by atoms with Gasteiger partial charge in [0.05, 0.1) is 17.2 Å². The first-order valence-electron chi connectivity index (χ1n) is 10.4. The van der Waals surface area contributed by atoms with Gasteiger partial charge in [0.15, 0.2) is 11.5 Å². The molecule has 0 saturated carbocycles. The van der Waals surface area contributed by atoms with Gasteiger partial charge >= 0.3 is 0 Å². The number of thioether (sulfide) groups is 1. The van der Waals surface area contributed by atoms with Crippen molar-refractivity contribution >= 4 is 46.3 Å². The highest BCUT2D eigenvalue weighted by molar-refractivity contribution is 8.19. The number of ether oxygens (including phenoxy) is 2. The van der Waals surface area contributed by atoms with E-state index in [9.17, 15) is 9.59 Å². The van der Waals surface area contributed by atoms with Crippen molar-refractivity contribution in [2.24, 2.45) is 0 Å². The van der Waals surface area contributed by atoms with Crippen LogP contribution in [0.2, 0.25) is 5.02 Å². The van der Waals surface area contributed by atoms with E-state index in [0.717, 1.165) is 28.5 Å². The number of halogens is 1. The molecule has 0 bridgehead atoms. The van der Waals surface area contributed by atoms with E-state index in [2.05, 4.69) is 0 Å². The largest absolute Gasteiger partial charge is 0.490 e. The number of carbonyl (C=O) groups is 2. The molecule has 0 N–H and O–H groups in total. The quantitative estimate of drug-likeness (QED) is 0.346. The summed E-state index contributed by atoms with van der Waals surface area (Å²) in [5.74, 6) is 0.829. The van der Waals surface area contributed by atoms with Crippen molar-refractivity contribution in [3.05, 3.63) is 93.3 Å². The molecule has 168 valence electrons. The number of aryl methyl sites for hydroxylation is 1. The Hall–Kier alpha value is -3.22. The zero-order valence-electron chi connectivity index (χ0n) is 18.2. The maximum absolute atomic E-state index is 13.0. The molecule has 0 aromatic heterocycles. The third-order valence-corrected chi connectivity index (χ3v) is 6.14. The van der Waals surface area contributed by atoms with E-state index in [0.29, 0.717) is 40.3 Å². The molecule has 0 spiro atoms. The maximum Gasteiger partial charge on any atom is 0.298 e. The normalized spacial score (nSPS) is 14.8. The van der Waals surface area contributed by atoms with Gasteiger partial charge in [0, 0.05) is 5.02 Å². The summed E-state index contributed by atoms with van der Waals surface area (Å²) < 4.78 is 11.7. The van der Waals surface area contributed by atoms with Gasteiger partial charge in [0.1, 0.15) is 6.61 Å². The molecule has 1 aliphatic heterocycles. The monoisotopic (exact) mass is 479 g/mol. The Morgan fingerprint density at radius 1 is 0.970 bits per heavy atom. The molecule has 4 rings (SSSR count). The third kappa shape index (κ3) is 5.24. The summed E-state index contributed by atoms with van der Waals surface area (Å²) in [5.41, 5.74) is 3.19. The Morgan fingerprint density at radius 3 is 2.45 bits per heavy atom. The number of nitrogens with zero attached hydrogens (tertiary/aromatic N) is 1. The van der Waals surface area contributed by atoms with E-state index in [-0.39, 0.29) is 11.1 Å². The fourth-order valence-corrected chi connectivity index (χ4v) is 4.35. The molecule has 0 aliphatic carbocycles. The highest BCUT2D eigenvalue weighted by Crippen LogP contribution is 2.38. The molecule has 2 amide bonds. The predicted molar refractivity (Wildman–Crippen MR) is 133 cm³/mol. The van der Waals surface area contributed by atoms with Crippen molar-refractivity contribution in [2.75, 3.05) is 11.5 Å². The predicted octanol–water partition coefficient (Wildman–Crippen LogP) is 6.87. The van der Waals surface area contributed by atoms with Crippen LogP contribution in [0.4, 0.5) is 10.5 Å². The Bertz CT molecular complexity index is 1220. The lowest BCUT2D eigenvalue weighted by Gasteiger charge is -2.15. The first kappa shape index (κ1) is 23.0. The van der Waals surface area contributed by atoms with Gasteiger partial charge < -0.3 is 9.47 Å². The molecule has 5 nitrogen and oxygen atoms in total. The van der Waals surface area contributed by atoms with Gasteiger partial charge in [-0.3, -0.25) is 9.59 Å². The topological polar surface area (TPSA) is 55.8 Å². The van der Waals surface area contributed by atoms with Crippen molar-refractivity contribution in [3.63, 3.8) is 0 Å². The summed E-state index contributed by atoms with van der Waals surface area (Å²) in [7, 11) is 0. The molecule has 0 radical (unpaired) electrons. The van der Waals surface area contributed by atoms with E-state index in [1.165, 1.54) is 4.90 Å². The van der Waals surface area contributed by atoms with Crippen LogP contribution in [0.1, 0.15) is 23.6 Å². The average Bonchev–Trinajstić information content (AvgIpc) is 3.07. The molecular formula is C26H22ClNO4S. The van der Waals surface area contributed by atoms with Gasteiger partial charge in [0.25, 0.3) is 11.1 Å². The van der Waals surface area contributed by atoms with E-state index in [1.54, 1.807) is 18.2 Å². The van der Waals surface area contributed by atoms with Crippen molar-refractivity contribution in [2.45, 2.75) is 20.5 Å². The van der Waals surface area contributed by atoms with Crippen LogP contribution >= 0.6 is 23.4 Å². The minimum absolute atomic E-state index is 0.312. The second kappa shape index (κ2) is 10.1. The smallest absolute Gasteiger partial charge is 0.298 e. The van der Waals surface area contributed by atoms with Crippen LogP contribution in [0.5, 0.6) is 11.5 Å². The second-order valence-corrected chi connectivity index (χ2v) is 8.79. The minimum atomic E-state index is -0.333. The molecule has 1 aliphatic rings. The lowest BCUT2D eigenvalue weighted by molar-refractivity contribution is -0.113. The molecule has 1 heterocycles. The molecule has 3 aromatic rings. The summed E-state index contributed by atoms with van der Waals surface area (Å²) in [6.07, 6.45) is 1.70. The number of benzene rings is 3. The van der Waals surface area contributed by atoms with Crippen molar-refractivity contribution in [1.82, 2.24) is 0 Å². The van der Waals surface area contributed by atoms with Crippen molar-refractivity contribution < 1.29 is 19.1 Å². The van der Waals surface area contributed by atoms with Gasteiger partial charge in [-0.15, -0.1) is 0 Å². The Morgan fingerprint density at radius 2 is 1.73 bits per heavy atom. The second-order valence-electron chi connectivity index (χ2n) is 7.36. The number of hydrogen-bond donors (Lipinski definition) is 0. The van der Waals surface area contributed by atoms with Gasteiger partial charge in [-0.2, -0.15) is 0 Å². The highest BCUT2D eigenvalue weighted by Gasteiger charge is 2.36. The van der Waals surface area contributed by atoms with E-state index in [4.69, 9.17) is 21.1 Å². The van der Waals surface area contributed by atoms with Crippen LogP contribution in [0.25, 0.3) is 6.08 Å². The number of anilines is 1. The molecule has 33 heavy (non-hydrogen) atoms. The fourth-order valence-electron chi connectivity index (χ4n) is 3.38. The van der Waals surface area contributed by atoms with E-state index in [1.807, 2.05) is 68.4 Å². The van der Waals surface area contributed by atoms with Crippen LogP contribution < -0.4 is 14.4 Å². The zero-order chi connectivity index (χ0) is 23.4. The highest BCUT2D eigenvalue weighted by atomic mass is 35.5. The van der Waals surface area contributed by atoms with Gasteiger partial charge in [-0.25, -0.2) is 4.90 Å². The number of imide groups is 1. The first-order chi connectivity index (χ1) is 16.0. The van der Waals surface area contributed by atoms with Crippen molar-refractivity contribution in [3.8, 4) is 11.5 Å². The van der Waals surface area contributed by atoms with Crippen LogP contribution in [0.3, 0.4) is 0 Å². The first-order valence-corrected chi connectivity index (χ1v) is 11.6.